The Kier molecular flexibility index (Phi) is 6.90. The van der Waals surface area contributed by atoms with E-state index in [2.05, 4.69) is 4.98 Å². The fourth-order valence-corrected chi connectivity index (χ4v) is 4.14. The van der Waals surface area contributed by atoms with E-state index in [0.717, 1.165) is 35.6 Å². The van der Waals surface area contributed by atoms with E-state index in [9.17, 15) is 26.7 Å². The number of hydrogen-bond acceptors (Lipinski definition) is 4. The van der Waals surface area contributed by atoms with Crippen LogP contribution in [0.4, 0.5) is 27.1 Å². The van der Waals surface area contributed by atoms with Gasteiger partial charge in [0, 0.05) is 24.7 Å². The topological polar surface area (TPSA) is 36.4 Å². The van der Waals surface area contributed by atoms with E-state index < -0.39 is 29.3 Å². The lowest BCUT2D eigenvalue weighted by atomic mass is 10.1. The van der Waals surface area contributed by atoms with Gasteiger partial charge in [-0.25, -0.2) is 13.8 Å². The Bertz CT molecular complexity index is 1080. The van der Waals surface area contributed by atoms with Gasteiger partial charge in [-0.15, -0.1) is 0 Å². The Hall–Kier alpha value is -2.59. The minimum absolute atomic E-state index is 0.0916. The lowest BCUT2D eigenvalue weighted by Gasteiger charge is -2.25. The van der Waals surface area contributed by atoms with Gasteiger partial charge in [0.1, 0.15) is 11.3 Å². The molecule has 3 aromatic rings. The van der Waals surface area contributed by atoms with Crippen molar-refractivity contribution in [2.45, 2.75) is 20.0 Å². The van der Waals surface area contributed by atoms with Gasteiger partial charge >= 0.3 is 6.18 Å². The average Bonchev–Trinajstić information content (AvgIpc) is 3.14. The zero-order valence-electron chi connectivity index (χ0n) is 16.8. The molecule has 4 nitrogen and oxygen atoms in total. The van der Waals surface area contributed by atoms with Crippen LogP contribution < -0.4 is 4.90 Å². The van der Waals surface area contributed by atoms with E-state index in [4.69, 9.17) is 0 Å². The van der Waals surface area contributed by atoms with Crippen LogP contribution >= 0.6 is 11.3 Å². The number of benzene rings is 2. The number of likely N-dealkylation sites (N-methyl/N-ethyl adjacent to an activating group) is 1. The molecule has 1 aromatic heterocycles. The van der Waals surface area contributed by atoms with Gasteiger partial charge in [0.05, 0.1) is 10.3 Å². The zero-order chi connectivity index (χ0) is 22.8. The van der Waals surface area contributed by atoms with Crippen molar-refractivity contribution in [1.82, 2.24) is 9.88 Å². The second-order valence-electron chi connectivity index (χ2n) is 6.79. The Morgan fingerprint density at radius 3 is 2.42 bits per heavy atom. The number of anilines is 1. The summed E-state index contributed by atoms with van der Waals surface area (Å²) in [4.78, 5) is 20.6. The van der Waals surface area contributed by atoms with E-state index in [-0.39, 0.29) is 27.5 Å². The fourth-order valence-electron chi connectivity index (χ4n) is 3.11. The van der Waals surface area contributed by atoms with Crippen LogP contribution in [0.3, 0.4) is 0 Å². The molecule has 166 valence electrons. The maximum absolute atomic E-state index is 14.1. The van der Waals surface area contributed by atoms with Crippen molar-refractivity contribution in [1.29, 1.82) is 0 Å². The third kappa shape index (κ3) is 5.19. The number of carbonyl (C=O) groups is 1. The van der Waals surface area contributed by atoms with E-state index in [0.29, 0.717) is 25.7 Å². The number of amides is 1. The van der Waals surface area contributed by atoms with E-state index in [1.54, 1.807) is 0 Å². The highest BCUT2D eigenvalue weighted by Crippen LogP contribution is 2.33. The van der Waals surface area contributed by atoms with Gasteiger partial charge in [0.2, 0.25) is 0 Å². The lowest BCUT2D eigenvalue weighted by Crippen LogP contribution is -2.39. The number of thiazole rings is 1. The first-order chi connectivity index (χ1) is 14.6. The van der Waals surface area contributed by atoms with Crippen LogP contribution in [0.2, 0.25) is 0 Å². The number of carbonyl (C=O) groups excluding carboxylic acids is 1. The van der Waals surface area contributed by atoms with Gasteiger partial charge in [-0.2, -0.15) is 13.2 Å². The SMILES string of the molecule is CCN(CC)CCN(C(=O)c1cccc(C(F)(F)F)c1)c1nc2c(F)cc(F)cc2s1. The van der Waals surface area contributed by atoms with Crippen LogP contribution in [0, 0.1) is 11.6 Å². The molecule has 0 fully saturated rings. The molecule has 3 rings (SSSR count). The zero-order valence-corrected chi connectivity index (χ0v) is 17.7. The summed E-state index contributed by atoms with van der Waals surface area (Å²) in [6, 6.07) is 5.91. The standard InChI is InChI=1S/C21H20F5N3OS/c1-3-28(4-2)8-9-29(19(30)13-6-5-7-14(10-13)21(24,25)26)20-27-18-16(23)11-15(22)12-17(18)31-20/h5-7,10-12H,3-4,8-9H2,1-2H3. The number of nitrogens with zero attached hydrogens (tertiary/aromatic N) is 3. The molecule has 0 unspecified atom stereocenters. The van der Waals surface area contributed by atoms with Crippen LogP contribution in [-0.2, 0) is 6.18 Å². The summed E-state index contributed by atoms with van der Waals surface area (Å²) in [5, 5.41) is 0.0917. The summed E-state index contributed by atoms with van der Waals surface area (Å²) in [5.41, 5.74) is -1.20. The molecule has 0 saturated carbocycles. The Labute approximate surface area is 179 Å². The number of aromatic nitrogens is 1. The first-order valence-corrected chi connectivity index (χ1v) is 10.4. The van der Waals surface area contributed by atoms with Crippen LogP contribution in [0.5, 0.6) is 0 Å². The number of alkyl halides is 3. The Morgan fingerprint density at radius 2 is 1.77 bits per heavy atom. The van der Waals surface area contributed by atoms with Crippen LogP contribution in [-0.4, -0.2) is 42.0 Å². The van der Waals surface area contributed by atoms with Crippen LogP contribution in [0.1, 0.15) is 29.8 Å². The van der Waals surface area contributed by atoms with Crippen molar-refractivity contribution < 1.29 is 26.7 Å². The normalized spacial score (nSPS) is 12.0. The van der Waals surface area contributed by atoms with Gasteiger partial charge in [-0.05, 0) is 37.4 Å². The molecule has 0 radical (unpaired) electrons. The molecule has 0 spiro atoms. The second-order valence-corrected chi connectivity index (χ2v) is 7.80. The number of halogens is 5. The Balaban J connectivity index is 2.02. The third-order valence-electron chi connectivity index (χ3n) is 4.85. The molecule has 0 saturated heterocycles. The van der Waals surface area contributed by atoms with Crippen LogP contribution in [0.25, 0.3) is 10.2 Å². The molecule has 0 bridgehead atoms. The van der Waals surface area contributed by atoms with Crippen molar-refractivity contribution in [2.75, 3.05) is 31.1 Å². The van der Waals surface area contributed by atoms with E-state index in [1.165, 1.54) is 11.0 Å². The second kappa shape index (κ2) is 9.27. The average molecular weight is 457 g/mol. The Morgan fingerprint density at radius 1 is 1.06 bits per heavy atom. The minimum atomic E-state index is -4.60. The molecule has 0 N–H and O–H groups in total. The highest BCUT2D eigenvalue weighted by atomic mass is 32.1. The lowest BCUT2D eigenvalue weighted by molar-refractivity contribution is -0.137. The molecule has 10 heteroatoms. The largest absolute Gasteiger partial charge is 0.416 e. The third-order valence-corrected chi connectivity index (χ3v) is 5.87. The van der Waals surface area contributed by atoms with Crippen molar-refractivity contribution in [3.8, 4) is 0 Å². The van der Waals surface area contributed by atoms with Gasteiger partial charge in [-0.3, -0.25) is 9.69 Å². The summed E-state index contributed by atoms with van der Waals surface area (Å²) in [7, 11) is 0. The maximum atomic E-state index is 14.1. The quantitative estimate of drug-likeness (QED) is 0.435. The molecular formula is C21H20F5N3OS. The molecule has 0 aliphatic carbocycles. The molecule has 2 aromatic carbocycles. The predicted octanol–water partition coefficient (Wildman–Crippen LogP) is 5.58. The summed E-state index contributed by atoms with van der Waals surface area (Å²) >= 11 is 0.907. The number of fused-ring (bicyclic) bond motifs is 1. The summed E-state index contributed by atoms with van der Waals surface area (Å²) < 4.78 is 67.2. The van der Waals surface area contributed by atoms with Crippen molar-refractivity contribution in [2.24, 2.45) is 0 Å². The smallest absolute Gasteiger partial charge is 0.302 e. The highest BCUT2D eigenvalue weighted by molar-refractivity contribution is 7.22. The molecule has 31 heavy (non-hydrogen) atoms. The van der Waals surface area contributed by atoms with Gasteiger partial charge in [0.15, 0.2) is 10.9 Å². The molecule has 0 atom stereocenters. The van der Waals surface area contributed by atoms with Crippen molar-refractivity contribution in [3.63, 3.8) is 0 Å². The monoisotopic (exact) mass is 457 g/mol. The first kappa shape index (κ1) is 23.1. The fraction of sp³-hybridized carbons (Fsp3) is 0.333. The summed E-state index contributed by atoms with van der Waals surface area (Å²) in [5.74, 6) is -2.34. The summed E-state index contributed by atoms with van der Waals surface area (Å²) in [6.07, 6.45) is -4.60. The van der Waals surface area contributed by atoms with Crippen molar-refractivity contribution in [3.05, 3.63) is 59.2 Å². The van der Waals surface area contributed by atoms with E-state index >= 15 is 0 Å². The maximum Gasteiger partial charge on any atom is 0.416 e. The molecular weight excluding hydrogens is 437 g/mol. The van der Waals surface area contributed by atoms with Gasteiger partial charge in [-0.1, -0.05) is 31.3 Å². The number of rotatable bonds is 7. The summed E-state index contributed by atoms with van der Waals surface area (Å²) in [6.45, 7) is 5.87. The molecule has 1 heterocycles. The van der Waals surface area contributed by atoms with Gasteiger partial charge in [0.25, 0.3) is 5.91 Å². The predicted molar refractivity (Wildman–Crippen MR) is 110 cm³/mol. The highest BCUT2D eigenvalue weighted by Gasteiger charge is 2.32. The van der Waals surface area contributed by atoms with E-state index in [1.807, 2.05) is 18.7 Å². The molecule has 0 aliphatic rings. The first-order valence-electron chi connectivity index (χ1n) is 9.61. The van der Waals surface area contributed by atoms with Crippen molar-refractivity contribution >= 4 is 32.6 Å². The minimum Gasteiger partial charge on any atom is -0.302 e. The number of hydrogen-bond donors (Lipinski definition) is 0. The van der Waals surface area contributed by atoms with Gasteiger partial charge < -0.3 is 4.90 Å². The van der Waals surface area contributed by atoms with Crippen LogP contribution in [0.15, 0.2) is 36.4 Å². The molecule has 0 aliphatic heterocycles. The molecule has 1 amide bonds.